The number of hydrogen-bond donors (Lipinski definition) is 0. The van der Waals surface area contributed by atoms with Crippen molar-refractivity contribution in [3.8, 4) is 0 Å². The van der Waals surface area contributed by atoms with Crippen LogP contribution >= 0.6 is 23.1 Å². The zero-order valence-electron chi connectivity index (χ0n) is 12.9. The lowest BCUT2D eigenvalue weighted by atomic mass is 10.1. The van der Waals surface area contributed by atoms with Crippen molar-refractivity contribution in [1.82, 2.24) is 9.88 Å². The largest absolute Gasteiger partial charge is 0.331 e. The Morgan fingerprint density at radius 2 is 2.32 bits per heavy atom. The monoisotopic (exact) mass is 332 g/mol. The number of amides is 1. The fourth-order valence-electron chi connectivity index (χ4n) is 2.87. The number of carbonyl (C=O) groups is 1. The molecular formula is C17H20N2OS2. The second kappa shape index (κ2) is 6.84. The molecule has 1 atom stereocenters. The highest BCUT2D eigenvalue weighted by Crippen LogP contribution is 2.36. The van der Waals surface area contributed by atoms with Crippen LogP contribution in [0, 0.1) is 6.92 Å². The summed E-state index contributed by atoms with van der Waals surface area (Å²) in [6.07, 6.45) is 3.88. The van der Waals surface area contributed by atoms with Gasteiger partial charge in [-0.05, 0) is 49.8 Å². The van der Waals surface area contributed by atoms with Crippen molar-refractivity contribution in [3.63, 3.8) is 0 Å². The lowest BCUT2D eigenvalue weighted by Gasteiger charge is -2.24. The fraction of sp³-hybridized carbons (Fsp3) is 0.412. The van der Waals surface area contributed by atoms with E-state index in [2.05, 4.69) is 31.0 Å². The summed E-state index contributed by atoms with van der Waals surface area (Å²) in [7, 11) is 0. The molecule has 0 spiro atoms. The Morgan fingerprint density at radius 3 is 3.05 bits per heavy atom. The third kappa shape index (κ3) is 3.20. The lowest BCUT2D eigenvalue weighted by Crippen LogP contribution is -2.30. The standard InChI is InChI=1S/C17H20N2OS2/c1-3-21-16-11-13(8-9-18-16)17(20)19-10-4-5-14(19)15-7-6-12(2)22-15/h6-9,11,14H,3-5,10H2,1-2H3. The second-order valence-electron chi connectivity index (χ2n) is 5.42. The minimum absolute atomic E-state index is 0.133. The number of rotatable bonds is 4. The molecule has 0 radical (unpaired) electrons. The molecular weight excluding hydrogens is 312 g/mol. The number of aromatic nitrogens is 1. The predicted molar refractivity (Wildman–Crippen MR) is 92.7 cm³/mol. The van der Waals surface area contributed by atoms with E-state index in [1.807, 2.05) is 17.0 Å². The highest BCUT2D eigenvalue weighted by molar-refractivity contribution is 7.99. The molecule has 0 aromatic carbocycles. The van der Waals surface area contributed by atoms with Gasteiger partial charge in [0.2, 0.25) is 0 Å². The Kier molecular flexibility index (Phi) is 4.84. The summed E-state index contributed by atoms with van der Waals surface area (Å²) in [6.45, 7) is 5.06. The fourth-order valence-corrected chi connectivity index (χ4v) is 4.54. The minimum Gasteiger partial charge on any atom is -0.331 e. The topological polar surface area (TPSA) is 33.2 Å². The molecule has 116 valence electrons. The van der Waals surface area contributed by atoms with Gasteiger partial charge in [0.15, 0.2) is 0 Å². The van der Waals surface area contributed by atoms with Crippen LogP contribution < -0.4 is 0 Å². The van der Waals surface area contributed by atoms with Crippen molar-refractivity contribution in [2.45, 2.75) is 37.8 Å². The molecule has 5 heteroatoms. The maximum absolute atomic E-state index is 12.9. The number of likely N-dealkylation sites (tertiary alicyclic amines) is 1. The number of aryl methyl sites for hydroxylation is 1. The molecule has 0 bridgehead atoms. The molecule has 3 heterocycles. The van der Waals surface area contributed by atoms with Crippen molar-refractivity contribution in [2.24, 2.45) is 0 Å². The number of thiophene rings is 1. The quantitative estimate of drug-likeness (QED) is 0.771. The van der Waals surface area contributed by atoms with Crippen LogP contribution in [0.15, 0.2) is 35.5 Å². The van der Waals surface area contributed by atoms with E-state index in [9.17, 15) is 4.79 Å². The van der Waals surface area contributed by atoms with Crippen LogP contribution in [-0.2, 0) is 0 Å². The van der Waals surface area contributed by atoms with E-state index in [1.54, 1.807) is 29.3 Å². The molecule has 22 heavy (non-hydrogen) atoms. The second-order valence-corrected chi connectivity index (χ2v) is 8.02. The van der Waals surface area contributed by atoms with Crippen LogP contribution in [-0.4, -0.2) is 28.1 Å². The van der Waals surface area contributed by atoms with Gasteiger partial charge >= 0.3 is 0 Å². The van der Waals surface area contributed by atoms with Crippen LogP contribution in [0.1, 0.15) is 45.9 Å². The van der Waals surface area contributed by atoms with Gasteiger partial charge in [0.1, 0.15) is 0 Å². The summed E-state index contributed by atoms with van der Waals surface area (Å²) in [5, 5.41) is 0.927. The van der Waals surface area contributed by atoms with Gasteiger partial charge in [-0.1, -0.05) is 6.92 Å². The maximum Gasteiger partial charge on any atom is 0.254 e. The van der Waals surface area contributed by atoms with Gasteiger partial charge in [0.25, 0.3) is 5.91 Å². The molecule has 0 saturated carbocycles. The van der Waals surface area contributed by atoms with Crippen LogP contribution in [0.25, 0.3) is 0 Å². The third-order valence-electron chi connectivity index (χ3n) is 3.88. The van der Waals surface area contributed by atoms with E-state index in [0.29, 0.717) is 0 Å². The number of carbonyl (C=O) groups excluding carboxylic acids is 1. The smallest absolute Gasteiger partial charge is 0.254 e. The van der Waals surface area contributed by atoms with Crippen molar-refractivity contribution in [1.29, 1.82) is 0 Å². The summed E-state index contributed by atoms with van der Waals surface area (Å²) in [5.41, 5.74) is 0.756. The van der Waals surface area contributed by atoms with Crippen molar-refractivity contribution < 1.29 is 4.79 Å². The Morgan fingerprint density at radius 1 is 1.45 bits per heavy atom. The number of thioether (sulfide) groups is 1. The molecule has 2 aromatic heterocycles. The molecule has 1 unspecified atom stereocenters. The summed E-state index contributed by atoms with van der Waals surface area (Å²) in [4.78, 5) is 21.8. The molecule has 0 N–H and O–H groups in total. The summed E-state index contributed by atoms with van der Waals surface area (Å²) < 4.78 is 0. The maximum atomic E-state index is 12.9. The van der Waals surface area contributed by atoms with Crippen LogP contribution in [0.4, 0.5) is 0 Å². The summed E-state index contributed by atoms with van der Waals surface area (Å²) in [6, 6.07) is 8.30. The zero-order valence-corrected chi connectivity index (χ0v) is 14.5. The average molecular weight is 332 g/mol. The van der Waals surface area contributed by atoms with Gasteiger partial charge < -0.3 is 4.90 Å². The molecule has 1 aliphatic heterocycles. The average Bonchev–Trinajstić information content (AvgIpc) is 3.15. The zero-order chi connectivity index (χ0) is 15.5. The lowest BCUT2D eigenvalue weighted by molar-refractivity contribution is 0.0737. The molecule has 3 nitrogen and oxygen atoms in total. The Balaban J connectivity index is 1.83. The first kappa shape index (κ1) is 15.6. The summed E-state index contributed by atoms with van der Waals surface area (Å²) in [5.74, 6) is 1.10. The van der Waals surface area contributed by atoms with Gasteiger partial charge in [-0.25, -0.2) is 4.98 Å². The van der Waals surface area contributed by atoms with E-state index < -0.39 is 0 Å². The number of nitrogens with zero attached hydrogens (tertiary/aromatic N) is 2. The Hall–Kier alpha value is -1.33. The Labute approximate surface area is 139 Å². The minimum atomic E-state index is 0.133. The van der Waals surface area contributed by atoms with Crippen molar-refractivity contribution >= 4 is 29.0 Å². The van der Waals surface area contributed by atoms with Crippen molar-refractivity contribution in [2.75, 3.05) is 12.3 Å². The third-order valence-corrected chi connectivity index (χ3v) is 5.79. The predicted octanol–water partition coefficient (Wildman–Crippen LogP) is 4.54. The van der Waals surface area contributed by atoms with Crippen LogP contribution in [0.3, 0.4) is 0 Å². The van der Waals surface area contributed by atoms with Gasteiger partial charge in [0.05, 0.1) is 11.1 Å². The van der Waals surface area contributed by atoms with E-state index in [0.717, 1.165) is 35.7 Å². The van der Waals surface area contributed by atoms with E-state index in [1.165, 1.54) is 9.75 Å². The van der Waals surface area contributed by atoms with Crippen molar-refractivity contribution in [3.05, 3.63) is 45.8 Å². The van der Waals surface area contributed by atoms with E-state index >= 15 is 0 Å². The first-order chi connectivity index (χ1) is 10.7. The highest BCUT2D eigenvalue weighted by atomic mass is 32.2. The molecule has 1 amide bonds. The van der Waals surface area contributed by atoms with Gasteiger partial charge in [0, 0.05) is 28.1 Å². The van der Waals surface area contributed by atoms with E-state index in [4.69, 9.17) is 0 Å². The molecule has 0 aliphatic carbocycles. The Bertz CT molecular complexity index is 668. The van der Waals surface area contributed by atoms with E-state index in [-0.39, 0.29) is 11.9 Å². The molecule has 3 rings (SSSR count). The first-order valence-corrected chi connectivity index (χ1v) is 9.45. The van der Waals surface area contributed by atoms with Crippen LogP contribution in [0.2, 0.25) is 0 Å². The van der Waals surface area contributed by atoms with Crippen LogP contribution in [0.5, 0.6) is 0 Å². The number of hydrogen-bond acceptors (Lipinski definition) is 4. The molecule has 1 saturated heterocycles. The first-order valence-electron chi connectivity index (χ1n) is 7.65. The number of pyridine rings is 1. The molecule has 1 aliphatic rings. The normalized spacial score (nSPS) is 17.9. The van der Waals surface area contributed by atoms with Gasteiger partial charge in [-0.3, -0.25) is 4.79 Å². The molecule has 1 fully saturated rings. The van der Waals surface area contributed by atoms with Gasteiger partial charge in [-0.15, -0.1) is 23.1 Å². The SMILES string of the molecule is CCSc1cc(C(=O)N2CCCC2c2ccc(C)s2)ccn1. The molecule has 2 aromatic rings. The summed E-state index contributed by atoms with van der Waals surface area (Å²) >= 11 is 3.47. The highest BCUT2D eigenvalue weighted by Gasteiger charge is 2.31. The van der Waals surface area contributed by atoms with Gasteiger partial charge in [-0.2, -0.15) is 0 Å².